The summed E-state index contributed by atoms with van der Waals surface area (Å²) in [4.78, 5) is 21.3. The minimum atomic E-state index is -2.58. The molecule has 1 aliphatic carbocycles. The van der Waals surface area contributed by atoms with Crippen molar-refractivity contribution < 1.29 is 27.1 Å². The summed E-state index contributed by atoms with van der Waals surface area (Å²) in [7, 11) is -2.58. The first-order chi connectivity index (χ1) is 18.6. The van der Waals surface area contributed by atoms with Crippen LogP contribution < -0.4 is 20.2 Å². The lowest BCUT2D eigenvalue weighted by molar-refractivity contribution is -0.0116. The first kappa shape index (κ1) is 24.3. The highest BCUT2D eigenvalue weighted by Gasteiger charge is 2.66. The van der Waals surface area contributed by atoms with Gasteiger partial charge in [0.05, 0.1) is 5.56 Å². The Balaban J connectivity index is 1.65. The number of carbonyl (C=O) groups excluding carboxylic acids is 1. The second-order valence-corrected chi connectivity index (χ2v) is 15.6. The number of anilines is 2. The van der Waals surface area contributed by atoms with Crippen LogP contribution in [0.15, 0.2) is 36.4 Å². The van der Waals surface area contributed by atoms with Crippen molar-refractivity contribution >= 4 is 41.3 Å². The molecular formula is C29H24F4N4OSi. The zero-order chi connectivity index (χ0) is 27.4. The number of rotatable bonds is 2. The van der Waals surface area contributed by atoms with E-state index in [0.29, 0.717) is 11.1 Å². The van der Waals surface area contributed by atoms with Gasteiger partial charge in [-0.3, -0.25) is 4.79 Å². The topological polar surface area (TPSA) is 60.0 Å². The molecule has 10 heteroatoms. The number of carbonyl (C=O) groups is 1. The first-order valence-corrected chi connectivity index (χ1v) is 16.1. The number of benzene rings is 3. The third kappa shape index (κ3) is 2.83. The van der Waals surface area contributed by atoms with E-state index in [-0.39, 0.29) is 0 Å². The van der Waals surface area contributed by atoms with Crippen molar-refractivity contribution in [3.8, 4) is 0 Å². The van der Waals surface area contributed by atoms with Gasteiger partial charge in [-0.05, 0) is 58.6 Å². The first-order valence-electron chi connectivity index (χ1n) is 13.1. The number of fused-ring (bicyclic) bond motifs is 6. The summed E-state index contributed by atoms with van der Waals surface area (Å²) in [5, 5.41) is 1.68. The highest BCUT2D eigenvalue weighted by atomic mass is 28.3. The van der Waals surface area contributed by atoms with Gasteiger partial charge < -0.3 is 15.3 Å². The Bertz CT molecular complexity index is 1620. The minimum Gasteiger partial charge on any atom is -0.371 e. The fourth-order valence-corrected chi connectivity index (χ4v) is 10.0. The number of hydrogen-bond donors (Lipinski definition) is 0. The highest BCUT2D eigenvalue weighted by molar-refractivity contribution is 7.01. The quantitative estimate of drug-likeness (QED) is 0.122. The van der Waals surface area contributed by atoms with Gasteiger partial charge in [-0.1, -0.05) is 25.2 Å². The molecule has 5 nitrogen and oxygen atoms in total. The number of hydrogen-bond acceptors (Lipinski definition) is 3. The average molecular weight is 549 g/mol. The van der Waals surface area contributed by atoms with Gasteiger partial charge >= 0.3 is 5.71 Å². The Labute approximate surface area is 223 Å². The lowest BCUT2D eigenvalue weighted by Crippen LogP contribution is -2.65. The van der Waals surface area contributed by atoms with Crippen molar-refractivity contribution in [3.05, 3.63) is 87.5 Å². The van der Waals surface area contributed by atoms with Crippen LogP contribution in [0.1, 0.15) is 39.9 Å². The molecule has 7 rings (SSSR count). The van der Waals surface area contributed by atoms with E-state index in [2.05, 4.69) is 27.7 Å². The number of nitrogens with zero attached hydrogens (tertiary/aromatic N) is 4. The molecular weight excluding hydrogens is 524 g/mol. The van der Waals surface area contributed by atoms with Crippen LogP contribution in [-0.2, 0) is 5.41 Å². The molecule has 3 aromatic carbocycles. The Kier molecular flexibility index (Phi) is 4.92. The van der Waals surface area contributed by atoms with Crippen LogP contribution in [-0.4, -0.2) is 50.5 Å². The molecule has 3 aliphatic heterocycles. The summed E-state index contributed by atoms with van der Waals surface area (Å²) in [5.74, 6) is -8.68. The fourth-order valence-electron chi connectivity index (χ4n) is 6.83. The number of halogens is 4. The van der Waals surface area contributed by atoms with E-state index in [1.807, 2.05) is 24.3 Å². The van der Waals surface area contributed by atoms with Gasteiger partial charge in [-0.25, -0.2) is 17.6 Å². The van der Waals surface area contributed by atoms with Crippen LogP contribution in [0.5, 0.6) is 0 Å². The summed E-state index contributed by atoms with van der Waals surface area (Å²) in [6.45, 7) is 7.83. The van der Waals surface area contributed by atoms with E-state index in [9.17, 15) is 19.1 Å². The van der Waals surface area contributed by atoms with Crippen molar-refractivity contribution in [3.63, 3.8) is 0 Å². The van der Waals surface area contributed by atoms with E-state index in [1.165, 1.54) is 0 Å². The number of Topliss-reactive ketones (excluding diaryl/α,β-unsaturated/α-hetero) is 1. The SMILES string of the molecule is C[Si]1(C)c2cc(N3CCC3)ccc2C2(C(=[N+]=[N-])C(=O)c3c(F)c(F)c(F)c(F)c32)c2ccc(N3CCC3)cc21. The third-order valence-corrected chi connectivity index (χ3v) is 12.7. The molecule has 0 atom stereocenters. The van der Waals surface area contributed by atoms with Gasteiger partial charge in [0.2, 0.25) is 0 Å². The van der Waals surface area contributed by atoms with Gasteiger partial charge in [0.1, 0.15) is 8.07 Å². The highest BCUT2D eigenvalue weighted by Crippen LogP contribution is 2.51. The smallest absolute Gasteiger partial charge is 0.358 e. The zero-order valence-corrected chi connectivity index (χ0v) is 22.4. The molecule has 0 N–H and O–H groups in total. The lowest BCUT2D eigenvalue weighted by Gasteiger charge is -2.44. The molecule has 0 saturated carbocycles. The average Bonchev–Trinajstić information content (AvgIpc) is 3.12. The van der Waals surface area contributed by atoms with Crippen LogP contribution in [0.25, 0.3) is 5.53 Å². The largest absolute Gasteiger partial charge is 0.371 e. The van der Waals surface area contributed by atoms with Crippen LogP contribution in [0.4, 0.5) is 28.9 Å². The number of ketones is 1. The third-order valence-electron chi connectivity index (χ3n) is 9.14. The maximum atomic E-state index is 15.9. The molecule has 3 aromatic rings. The molecule has 3 heterocycles. The van der Waals surface area contributed by atoms with Gasteiger partial charge in [0, 0.05) is 43.1 Å². The Morgan fingerprint density at radius 3 is 1.72 bits per heavy atom. The normalized spacial score (nSPS) is 19.7. The molecule has 1 spiro atoms. The van der Waals surface area contributed by atoms with Crippen LogP contribution in [0.2, 0.25) is 13.1 Å². The second-order valence-electron chi connectivity index (χ2n) is 11.3. The van der Waals surface area contributed by atoms with Crippen molar-refractivity contribution in [2.24, 2.45) is 0 Å². The van der Waals surface area contributed by atoms with Crippen LogP contribution in [0, 0.1) is 23.3 Å². The fraction of sp³-hybridized carbons (Fsp3) is 0.310. The summed E-state index contributed by atoms with van der Waals surface area (Å²) in [6.07, 6.45) is 2.12. The summed E-state index contributed by atoms with van der Waals surface area (Å²) >= 11 is 0. The van der Waals surface area contributed by atoms with Gasteiger partial charge in [-0.2, -0.15) is 4.79 Å². The predicted molar refractivity (Wildman–Crippen MR) is 142 cm³/mol. The lowest BCUT2D eigenvalue weighted by atomic mass is 9.68. The van der Waals surface area contributed by atoms with Gasteiger partial charge in [-0.15, -0.1) is 0 Å². The maximum Gasteiger partial charge on any atom is 0.358 e. The maximum absolute atomic E-state index is 15.9. The Morgan fingerprint density at radius 1 is 0.795 bits per heavy atom. The van der Waals surface area contributed by atoms with Crippen molar-refractivity contribution in [2.75, 3.05) is 36.0 Å². The van der Waals surface area contributed by atoms with Crippen molar-refractivity contribution in [1.82, 2.24) is 0 Å². The summed E-state index contributed by atoms with van der Waals surface area (Å²) in [5.41, 5.74) is 8.92. The van der Waals surface area contributed by atoms with E-state index < -0.39 is 59.4 Å². The molecule has 0 aromatic heterocycles. The van der Waals surface area contributed by atoms with E-state index in [0.717, 1.165) is 60.8 Å². The molecule has 2 fully saturated rings. The second kappa shape index (κ2) is 7.89. The van der Waals surface area contributed by atoms with E-state index >= 15 is 8.78 Å². The van der Waals surface area contributed by atoms with Gasteiger partial charge in [0.15, 0.2) is 28.7 Å². The standard InChI is InChI=1S/C29H24F4N4OSi/c1-39(2)19-13-15(36-9-3-10-36)5-7-17(19)29(18-8-6-16(14-20(18)39)37-11-4-12-37)22-21(27(38)28(29)35-34)23(30)25(32)26(33)24(22)31/h5-8,13-14H,3-4,9-12H2,1-2H3. The molecule has 39 heavy (non-hydrogen) atoms. The Morgan fingerprint density at radius 2 is 1.28 bits per heavy atom. The van der Waals surface area contributed by atoms with Crippen LogP contribution >= 0.6 is 0 Å². The van der Waals surface area contributed by atoms with Crippen LogP contribution in [0.3, 0.4) is 0 Å². The Hall–Kier alpha value is -3.75. The van der Waals surface area contributed by atoms with E-state index in [1.54, 1.807) is 12.1 Å². The summed E-state index contributed by atoms with van der Waals surface area (Å²) in [6, 6.07) is 11.2. The zero-order valence-electron chi connectivity index (χ0n) is 21.4. The van der Waals surface area contributed by atoms with Gasteiger partial charge in [0.25, 0.3) is 5.78 Å². The van der Waals surface area contributed by atoms with Crippen molar-refractivity contribution in [1.29, 1.82) is 0 Å². The minimum absolute atomic E-state index is 0.428. The van der Waals surface area contributed by atoms with Crippen molar-refractivity contribution in [2.45, 2.75) is 31.4 Å². The predicted octanol–water partition coefficient (Wildman–Crippen LogP) is 4.00. The molecule has 0 radical (unpaired) electrons. The molecule has 198 valence electrons. The molecule has 0 unspecified atom stereocenters. The monoisotopic (exact) mass is 548 g/mol. The molecule has 4 aliphatic rings. The summed E-state index contributed by atoms with van der Waals surface area (Å²) < 4.78 is 60.5. The molecule has 0 amide bonds. The molecule has 2 saturated heterocycles. The van der Waals surface area contributed by atoms with E-state index in [4.69, 9.17) is 0 Å². The molecule has 0 bridgehead atoms.